The molecule has 0 spiro atoms. The van der Waals surface area contributed by atoms with Crippen molar-refractivity contribution < 1.29 is 9.47 Å². The monoisotopic (exact) mass is 326 g/mol. The Morgan fingerprint density at radius 1 is 1.14 bits per heavy atom. The predicted octanol–water partition coefficient (Wildman–Crippen LogP) is 5.02. The summed E-state index contributed by atoms with van der Waals surface area (Å²) >= 11 is 12.2. The lowest BCUT2D eigenvalue weighted by Gasteiger charge is -2.15. The molecule has 1 aromatic carbocycles. The maximum absolute atomic E-state index is 6.26. The lowest BCUT2D eigenvalue weighted by Crippen LogP contribution is -1.98. The van der Waals surface area contributed by atoms with E-state index in [1.807, 2.05) is 19.1 Å². The zero-order valence-electron chi connectivity index (χ0n) is 12.3. The number of hydrogen-bond acceptors (Lipinski definition) is 4. The summed E-state index contributed by atoms with van der Waals surface area (Å²) in [5.41, 5.74) is 1.91. The topological polar surface area (TPSA) is 44.2 Å². The van der Waals surface area contributed by atoms with Gasteiger partial charge in [0.15, 0.2) is 5.15 Å². The molecule has 1 aromatic heterocycles. The summed E-state index contributed by atoms with van der Waals surface area (Å²) in [4.78, 5) is 7.93. The molecule has 6 heteroatoms. The summed E-state index contributed by atoms with van der Waals surface area (Å²) in [7, 11) is 1.49. The van der Waals surface area contributed by atoms with E-state index in [-0.39, 0.29) is 17.0 Å². The lowest BCUT2D eigenvalue weighted by atomic mass is 10.0. The largest absolute Gasteiger partial charge is 0.489 e. The van der Waals surface area contributed by atoms with Crippen LogP contribution in [-0.2, 0) is 0 Å². The number of rotatable bonds is 4. The Balaban J connectivity index is 2.45. The summed E-state index contributed by atoms with van der Waals surface area (Å²) in [6.45, 7) is 6.06. The van der Waals surface area contributed by atoms with Gasteiger partial charge < -0.3 is 9.47 Å². The predicted molar refractivity (Wildman–Crippen MR) is 83.9 cm³/mol. The van der Waals surface area contributed by atoms with Gasteiger partial charge in [0.2, 0.25) is 5.75 Å². The maximum Gasteiger partial charge on any atom is 0.267 e. The van der Waals surface area contributed by atoms with E-state index in [4.69, 9.17) is 32.7 Å². The number of ether oxygens (including phenoxy) is 2. The summed E-state index contributed by atoms with van der Waals surface area (Å²) in [6.07, 6.45) is 1.33. The van der Waals surface area contributed by atoms with Crippen LogP contribution in [0.2, 0.25) is 10.2 Å². The first-order chi connectivity index (χ1) is 9.93. The Bertz CT molecular complexity index is 660. The van der Waals surface area contributed by atoms with Crippen LogP contribution >= 0.6 is 23.2 Å². The first-order valence-corrected chi connectivity index (χ1v) is 7.22. The minimum atomic E-state index is 0.207. The van der Waals surface area contributed by atoms with Gasteiger partial charge in [-0.3, -0.25) is 0 Å². The van der Waals surface area contributed by atoms with Gasteiger partial charge in [0, 0.05) is 5.02 Å². The van der Waals surface area contributed by atoms with Crippen LogP contribution in [0, 0.1) is 6.92 Å². The van der Waals surface area contributed by atoms with Gasteiger partial charge in [0.25, 0.3) is 5.88 Å². The van der Waals surface area contributed by atoms with E-state index in [0.717, 1.165) is 16.1 Å². The molecule has 0 saturated heterocycles. The number of aromatic nitrogens is 2. The Hall–Kier alpha value is -1.52. The van der Waals surface area contributed by atoms with Gasteiger partial charge in [-0.15, -0.1) is 0 Å². The van der Waals surface area contributed by atoms with Crippen molar-refractivity contribution in [3.63, 3.8) is 0 Å². The number of methoxy groups -OCH3 is 1. The highest BCUT2D eigenvalue weighted by Crippen LogP contribution is 2.37. The van der Waals surface area contributed by atoms with E-state index < -0.39 is 0 Å². The van der Waals surface area contributed by atoms with E-state index >= 15 is 0 Å². The van der Waals surface area contributed by atoms with Gasteiger partial charge in [-0.1, -0.05) is 37.0 Å². The van der Waals surface area contributed by atoms with E-state index in [1.165, 1.54) is 13.4 Å². The van der Waals surface area contributed by atoms with Crippen LogP contribution in [0.1, 0.15) is 30.9 Å². The first kappa shape index (κ1) is 15.9. The van der Waals surface area contributed by atoms with Gasteiger partial charge in [-0.05, 0) is 36.1 Å². The fourth-order valence-electron chi connectivity index (χ4n) is 1.91. The highest BCUT2D eigenvalue weighted by atomic mass is 35.5. The molecule has 21 heavy (non-hydrogen) atoms. The molecule has 0 aliphatic heterocycles. The van der Waals surface area contributed by atoms with Gasteiger partial charge in [0.05, 0.1) is 7.11 Å². The van der Waals surface area contributed by atoms with Crippen molar-refractivity contribution in [1.82, 2.24) is 9.97 Å². The molecule has 0 saturated carbocycles. The molecule has 1 heterocycles. The molecule has 0 atom stereocenters. The first-order valence-electron chi connectivity index (χ1n) is 6.46. The molecule has 0 radical (unpaired) electrons. The molecular weight excluding hydrogens is 311 g/mol. The van der Waals surface area contributed by atoms with E-state index in [0.29, 0.717) is 11.5 Å². The van der Waals surface area contributed by atoms with Crippen molar-refractivity contribution in [3.8, 4) is 17.4 Å². The quantitative estimate of drug-likeness (QED) is 0.740. The number of halogens is 2. The number of nitrogens with zero attached hydrogens (tertiary/aromatic N) is 2. The Morgan fingerprint density at radius 2 is 1.86 bits per heavy atom. The van der Waals surface area contributed by atoms with Gasteiger partial charge in [-0.2, -0.15) is 4.98 Å². The second-order valence-corrected chi connectivity index (χ2v) is 5.66. The van der Waals surface area contributed by atoms with Crippen LogP contribution < -0.4 is 9.47 Å². The van der Waals surface area contributed by atoms with E-state index in [9.17, 15) is 0 Å². The lowest BCUT2D eigenvalue weighted by molar-refractivity contribution is 0.366. The molecule has 2 aromatic rings. The normalized spacial score (nSPS) is 10.8. The molecule has 0 fully saturated rings. The average molecular weight is 327 g/mol. The van der Waals surface area contributed by atoms with E-state index in [1.54, 1.807) is 0 Å². The molecule has 112 valence electrons. The van der Waals surface area contributed by atoms with Gasteiger partial charge in [0.1, 0.15) is 12.1 Å². The second kappa shape index (κ2) is 6.50. The van der Waals surface area contributed by atoms with Crippen molar-refractivity contribution in [2.24, 2.45) is 0 Å². The zero-order valence-corrected chi connectivity index (χ0v) is 13.8. The Labute approximate surface area is 134 Å². The minimum absolute atomic E-state index is 0.207. The molecule has 2 rings (SSSR count). The van der Waals surface area contributed by atoms with Gasteiger partial charge >= 0.3 is 0 Å². The fourth-order valence-corrected chi connectivity index (χ4v) is 2.54. The molecule has 0 unspecified atom stereocenters. The molecule has 0 bridgehead atoms. The van der Waals surface area contributed by atoms with E-state index in [2.05, 4.69) is 23.8 Å². The number of benzene rings is 1. The van der Waals surface area contributed by atoms with Crippen LogP contribution in [-0.4, -0.2) is 17.1 Å². The van der Waals surface area contributed by atoms with Gasteiger partial charge in [-0.25, -0.2) is 4.98 Å². The highest BCUT2D eigenvalue weighted by Gasteiger charge is 2.16. The summed E-state index contributed by atoms with van der Waals surface area (Å²) < 4.78 is 11.0. The summed E-state index contributed by atoms with van der Waals surface area (Å²) in [6, 6.07) is 3.79. The fraction of sp³-hybridized carbons (Fsp3) is 0.333. The standard InChI is InChI=1S/C15H16Cl2N2O2/c1-8(2)10-6-12(9(3)5-11(10)16)21-15-13(20-4)14(17)18-7-19-15/h5-8H,1-4H3. The third-order valence-corrected chi connectivity index (χ3v) is 3.65. The van der Waals surface area contributed by atoms with Crippen LogP contribution in [0.3, 0.4) is 0 Å². The van der Waals surface area contributed by atoms with Crippen LogP contribution in [0.25, 0.3) is 0 Å². The summed E-state index contributed by atoms with van der Waals surface area (Å²) in [5, 5.41) is 0.931. The molecule has 0 aliphatic carbocycles. The number of hydrogen-bond donors (Lipinski definition) is 0. The minimum Gasteiger partial charge on any atom is -0.489 e. The van der Waals surface area contributed by atoms with Crippen molar-refractivity contribution in [2.75, 3.05) is 7.11 Å². The Morgan fingerprint density at radius 3 is 2.48 bits per heavy atom. The van der Waals surface area contributed by atoms with Crippen molar-refractivity contribution in [2.45, 2.75) is 26.7 Å². The SMILES string of the molecule is COc1c(Cl)ncnc1Oc1cc(C(C)C)c(Cl)cc1C. The Kier molecular flexibility index (Phi) is 4.91. The third kappa shape index (κ3) is 3.39. The highest BCUT2D eigenvalue weighted by molar-refractivity contribution is 6.31. The molecule has 4 nitrogen and oxygen atoms in total. The summed E-state index contributed by atoms with van der Waals surface area (Å²) in [5.74, 6) is 1.53. The molecule has 0 amide bonds. The molecular formula is C15H16Cl2N2O2. The zero-order chi connectivity index (χ0) is 15.6. The maximum atomic E-state index is 6.26. The van der Waals surface area contributed by atoms with Crippen LogP contribution in [0.15, 0.2) is 18.5 Å². The third-order valence-electron chi connectivity index (χ3n) is 3.05. The van der Waals surface area contributed by atoms with Crippen LogP contribution in [0.4, 0.5) is 0 Å². The van der Waals surface area contributed by atoms with Crippen molar-refractivity contribution in [1.29, 1.82) is 0 Å². The second-order valence-electron chi connectivity index (χ2n) is 4.90. The smallest absolute Gasteiger partial charge is 0.267 e. The van der Waals surface area contributed by atoms with Crippen molar-refractivity contribution >= 4 is 23.2 Å². The molecule has 0 N–H and O–H groups in total. The van der Waals surface area contributed by atoms with Crippen molar-refractivity contribution in [3.05, 3.63) is 39.8 Å². The number of aryl methyl sites for hydroxylation is 1. The van der Waals surface area contributed by atoms with Crippen LogP contribution in [0.5, 0.6) is 17.4 Å². The average Bonchev–Trinajstić information content (AvgIpc) is 2.41. The molecule has 0 aliphatic rings.